The van der Waals surface area contributed by atoms with Crippen LogP contribution in [0.25, 0.3) is 0 Å². The lowest BCUT2D eigenvalue weighted by Gasteiger charge is -2.21. The summed E-state index contributed by atoms with van der Waals surface area (Å²) in [4.78, 5) is 1.54. The lowest BCUT2D eigenvalue weighted by Crippen LogP contribution is -2.24. The third kappa shape index (κ3) is 3.92. The van der Waals surface area contributed by atoms with E-state index in [1.54, 1.807) is 11.9 Å². The van der Waals surface area contributed by atoms with Crippen LogP contribution in [0.3, 0.4) is 0 Å². The third-order valence-corrected chi connectivity index (χ3v) is 3.42. The summed E-state index contributed by atoms with van der Waals surface area (Å²) in [6.45, 7) is 1.79. The minimum absolute atomic E-state index is 0.221. The molecular weight excluding hydrogens is 290 g/mol. The highest BCUT2D eigenvalue weighted by Gasteiger charge is 2.12. The van der Waals surface area contributed by atoms with Crippen molar-refractivity contribution in [3.63, 3.8) is 0 Å². The van der Waals surface area contributed by atoms with Crippen LogP contribution in [0.5, 0.6) is 0 Å². The van der Waals surface area contributed by atoms with Gasteiger partial charge in [-0.15, -0.1) is 0 Å². The van der Waals surface area contributed by atoms with Crippen molar-refractivity contribution in [2.24, 2.45) is 0 Å². The van der Waals surface area contributed by atoms with Crippen LogP contribution in [-0.2, 0) is 0 Å². The van der Waals surface area contributed by atoms with Crippen molar-refractivity contribution in [2.75, 3.05) is 25.5 Å². The molecule has 0 aliphatic rings. The molecule has 0 saturated carbocycles. The van der Waals surface area contributed by atoms with Crippen LogP contribution in [0, 0.1) is 0 Å². The van der Waals surface area contributed by atoms with Gasteiger partial charge in [-0.1, -0.05) is 22.0 Å². The summed E-state index contributed by atoms with van der Waals surface area (Å²) < 4.78 is 25.5. The van der Waals surface area contributed by atoms with E-state index in [4.69, 9.17) is 0 Å². The molecule has 0 radical (unpaired) electrons. The van der Waals surface area contributed by atoms with E-state index in [0.717, 1.165) is 15.7 Å². The zero-order valence-electron chi connectivity index (χ0n) is 10.2. The first kappa shape index (κ1) is 14.4. The molecule has 0 spiro atoms. The molecule has 0 heterocycles. The van der Waals surface area contributed by atoms with E-state index in [-0.39, 0.29) is 12.6 Å². The Hall–Kier alpha value is -0.680. The second-order valence-electron chi connectivity index (χ2n) is 3.99. The average Bonchev–Trinajstić information content (AvgIpc) is 2.27. The summed E-state index contributed by atoms with van der Waals surface area (Å²) in [7, 11) is 3.54. The Morgan fingerprint density at radius 3 is 2.53 bits per heavy atom. The Kier molecular flexibility index (Phi) is 5.33. The van der Waals surface area contributed by atoms with Crippen molar-refractivity contribution in [2.45, 2.75) is 19.4 Å². The lowest BCUT2D eigenvalue weighted by atomic mass is 10.1. The topological polar surface area (TPSA) is 15.3 Å². The van der Waals surface area contributed by atoms with E-state index in [1.807, 2.05) is 32.2 Å². The molecule has 1 N–H and O–H groups in total. The largest absolute Gasteiger partial charge is 0.369 e. The Bertz CT molecular complexity index is 372. The first-order chi connectivity index (χ1) is 7.95. The molecule has 0 aliphatic carbocycles. The Morgan fingerprint density at radius 1 is 1.41 bits per heavy atom. The number of nitrogens with zero attached hydrogens (tertiary/aromatic N) is 1. The summed E-state index contributed by atoms with van der Waals surface area (Å²) in [6, 6.07) is 5.89. The van der Waals surface area contributed by atoms with Crippen molar-refractivity contribution >= 4 is 21.6 Å². The number of alkyl halides is 2. The standard InChI is InChI=1S/C12H17BrF2N2/c1-8(16-2)10-5-4-9(6-11(10)13)17(3)7-12(14)15/h4-6,8,12,16H,7H2,1-3H3. The maximum absolute atomic E-state index is 12.3. The number of nitrogens with one attached hydrogen (secondary N) is 1. The van der Waals surface area contributed by atoms with Crippen LogP contribution in [0.15, 0.2) is 22.7 Å². The molecule has 5 heteroatoms. The normalized spacial score (nSPS) is 12.9. The molecule has 0 saturated heterocycles. The number of rotatable bonds is 5. The number of hydrogen-bond acceptors (Lipinski definition) is 2. The van der Waals surface area contributed by atoms with Gasteiger partial charge in [0.25, 0.3) is 6.43 Å². The molecular formula is C12H17BrF2N2. The average molecular weight is 307 g/mol. The van der Waals surface area contributed by atoms with Gasteiger partial charge in [0, 0.05) is 23.2 Å². The predicted molar refractivity (Wildman–Crippen MR) is 70.9 cm³/mol. The maximum atomic E-state index is 12.3. The van der Waals surface area contributed by atoms with Crippen LogP contribution in [0.2, 0.25) is 0 Å². The molecule has 0 aromatic heterocycles. The molecule has 1 aromatic rings. The maximum Gasteiger partial charge on any atom is 0.255 e. The quantitative estimate of drug-likeness (QED) is 0.896. The van der Waals surface area contributed by atoms with Crippen molar-refractivity contribution < 1.29 is 8.78 Å². The van der Waals surface area contributed by atoms with Gasteiger partial charge >= 0.3 is 0 Å². The zero-order chi connectivity index (χ0) is 13.0. The van der Waals surface area contributed by atoms with Gasteiger partial charge in [0.2, 0.25) is 0 Å². The minimum Gasteiger partial charge on any atom is -0.369 e. The number of halogens is 3. The van der Waals surface area contributed by atoms with E-state index < -0.39 is 6.43 Å². The summed E-state index contributed by atoms with van der Waals surface area (Å²) >= 11 is 3.47. The fraction of sp³-hybridized carbons (Fsp3) is 0.500. The van der Waals surface area contributed by atoms with Gasteiger partial charge in [-0.3, -0.25) is 0 Å². The molecule has 2 nitrogen and oxygen atoms in total. The van der Waals surface area contributed by atoms with Crippen molar-refractivity contribution in [1.29, 1.82) is 0 Å². The number of anilines is 1. The highest BCUT2D eigenvalue weighted by molar-refractivity contribution is 9.10. The van der Waals surface area contributed by atoms with Gasteiger partial charge in [0.15, 0.2) is 0 Å². The van der Waals surface area contributed by atoms with Gasteiger partial charge < -0.3 is 10.2 Å². The highest BCUT2D eigenvalue weighted by Crippen LogP contribution is 2.28. The second kappa shape index (κ2) is 6.31. The van der Waals surface area contributed by atoms with Crippen LogP contribution in [0.4, 0.5) is 14.5 Å². The molecule has 1 atom stereocenters. The molecule has 1 unspecified atom stereocenters. The molecule has 0 aliphatic heterocycles. The van der Waals surface area contributed by atoms with Crippen LogP contribution < -0.4 is 10.2 Å². The van der Waals surface area contributed by atoms with E-state index in [1.165, 1.54) is 0 Å². The Balaban J connectivity index is 2.88. The van der Waals surface area contributed by atoms with Gasteiger partial charge in [0.05, 0.1) is 6.54 Å². The van der Waals surface area contributed by atoms with Crippen LogP contribution in [-0.4, -0.2) is 27.1 Å². The van der Waals surface area contributed by atoms with E-state index in [2.05, 4.69) is 21.2 Å². The van der Waals surface area contributed by atoms with Crippen LogP contribution >= 0.6 is 15.9 Å². The molecule has 0 amide bonds. The fourth-order valence-corrected chi connectivity index (χ4v) is 2.28. The summed E-state index contributed by atoms with van der Waals surface area (Å²) in [5.41, 5.74) is 1.89. The SMILES string of the molecule is CNC(C)c1ccc(N(C)CC(F)F)cc1Br. The molecule has 0 fully saturated rings. The predicted octanol–water partition coefficient (Wildman–Crippen LogP) is 3.43. The summed E-state index contributed by atoms with van der Waals surface area (Å²) in [5.74, 6) is 0. The van der Waals surface area contributed by atoms with E-state index in [9.17, 15) is 8.78 Å². The van der Waals surface area contributed by atoms with Gasteiger partial charge in [-0.25, -0.2) is 8.78 Å². The monoisotopic (exact) mass is 306 g/mol. The van der Waals surface area contributed by atoms with Crippen LogP contribution in [0.1, 0.15) is 18.5 Å². The minimum atomic E-state index is -2.32. The van der Waals surface area contributed by atoms with Gasteiger partial charge in [0.1, 0.15) is 0 Å². The van der Waals surface area contributed by atoms with Gasteiger partial charge in [-0.05, 0) is 31.7 Å². The number of benzene rings is 1. The first-order valence-corrected chi connectivity index (χ1v) is 6.21. The first-order valence-electron chi connectivity index (χ1n) is 5.41. The second-order valence-corrected chi connectivity index (χ2v) is 4.84. The zero-order valence-corrected chi connectivity index (χ0v) is 11.8. The Morgan fingerprint density at radius 2 is 2.06 bits per heavy atom. The van der Waals surface area contributed by atoms with Crippen molar-refractivity contribution in [3.05, 3.63) is 28.2 Å². The third-order valence-electron chi connectivity index (χ3n) is 2.74. The molecule has 0 bridgehead atoms. The molecule has 96 valence electrons. The summed E-state index contributed by atoms with van der Waals surface area (Å²) in [6.07, 6.45) is -2.32. The Labute approximate surface area is 109 Å². The van der Waals surface area contributed by atoms with Crippen molar-refractivity contribution in [3.8, 4) is 0 Å². The van der Waals surface area contributed by atoms with E-state index in [0.29, 0.717) is 0 Å². The molecule has 17 heavy (non-hydrogen) atoms. The lowest BCUT2D eigenvalue weighted by molar-refractivity contribution is 0.156. The summed E-state index contributed by atoms with van der Waals surface area (Å²) in [5, 5.41) is 3.14. The fourth-order valence-electron chi connectivity index (χ4n) is 1.57. The molecule has 1 rings (SSSR count). The molecule has 1 aromatic carbocycles. The van der Waals surface area contributed by atoms with Gasteiger partial charge in [-0.2, -0.15) is 0 Å². The smallest absolute Gasteiger partial charge is 0.255 e. The highest BCUT2D eigenvalue weighted by atomic mass is 79.9. The number of hydrogen-bond donors (Lipinski definition) is 1. The van der Waals surface area contributed by atoms with E-state index >= 15 is 0 Å². The van der Waals surface area contributed by atoms with Crippen molar-refractivity contribution in [1.82, 2.24) is 5.32 Å².